The number of nitrogens with two attached hydrogens (primary N) is 2. The largest absolute Gasteiger partial charge is 0.444 e. The molecule has 5 rings (SSSR count). The van der Waals surface area contributed by atoms with E-state index in [0.717, 1.165) is 45.4 Å². The van der Waals surface area contributed by atoms with Gasteiger partial charge >= 0.3 is 6.09 Å². The van der Waals surface area contributed by atoms with E-state index in [9.17, 15) is 4.79 Å². The Morgan fingerprint density at radius 1 is 0.972 bits per heavy atom. The molecule has 2 unspecified atom stereocenters. The van der Waals surface area contributed by atoms with Gasteiger partial charge in [-0.1, -0.05) is 37.3 Å². The van der Waals surface area contributed by atoms with Crippen LogP contribution in [0.1, 0.15) is 46.0 Å². The molecule has 5 N–H and O–H groups in total. The number of H-pyrrole nitrogens is 1. The number of carbonyl (C=O) groups excluding carboxylic acids is 1. The molecule has 0 bridgehead atoms. The summed E-state index contributed by atoms with van der Waals surface area (Å²) in [4.78, 5) is 22.8. The highest BCUT2D eigenvalue weighted by Gasteiger charge is 2.38. The van der Waals surface area contributed by atoms with E-state index < -0.39 is 5.60 Å². The van der Waals surface area contributed by atoms with Gasteiger partial charge in [0.15, 0.2) is 0 Å². The minimum absolute atomic E-state index is 0.126. The molecule has 186 valence electrons. The van der Waals surface area contributed by atoms with Gasteiger partial charge in [0, 0.05) is 12.1 Å². The molecule has 2 atom stereocenters. The van der Waals surface area contributed by atoms with Crippen molar-refractivity contribution < 1.29 is 9.53 Å². The standard InChI is InChI=1S/C29H33N5O2/c1-17-11-26(34(16-17)28(35)36-29(2,3)4)27-32-15-25(33-27)22-8-7-18-12-19(5-6-20(18)13-22)21-9-10-23(30)24(31)14-21/h5-10,12-15,17,26H,11,16,30-31H2,1-4H3,(H,32,33). The smallest absolute Gasteiger partial charge is 0.410 e. The first-order chi connectivity index (χ1) is 17.1. The highest BCUT2D eigenvalue weighted by Crippen LogP contribution is 2.36. The summed E-state index contributed by atoms with van der Waals surface area (Å²) >= 11 is 0. The van der Waals surface area contributed by atoms with Crippen LogP contribution in [0.3, 0.4) is 0 Å². The molecule has 0 saturated carbocycles. The van der Waals surface area contributed by atoms with Gasteiger partial charge < -0.3 is 21.2 Å². The number of hydrogen-bond donors (Lipinski definition) is 3. The molecule has 0 radical (unpaired) electrons. The van der Waals surface area contributed by atoms with E-state index in [2.05, 4.69) is 53.3 Å². The molecule has 1 amide bonds. The molecule has 7 heteroatoms. The summed E-state index contributed by atoms with van der Waals surface area (Å²) in [6.07, 6.45) is 2.40. The van der Waals surface area contributed by atoms with E-state index in [1.165, 1.54) is 0 Å². The normalized spacial score (nSPS) is 18.1. The summed E-state index contributed by atoms with van der Waals surface area (Å²) in [5, 5.41) is 2.26. The molecule has 2 heterocycles. The van der Waals surface area contributed by atoms with Gasteiger partial charge in [0.05, 0.1) is 29.3 Å². The third kappa shape index (κ3) is 4.73. The van der Waals surface area contributed by atoms with Crippen LogP contribution in [0, 0.1) is 5.92 Å². The summed E-state index contributed by atoms with van der Waals surface area (Å²) in [5.41, 5.74) is 16.6. The maximum absolute atomic E-state index is 12.8. The second-order valence-corrected chi connectivity index (χ2v) is 10.8. The van der Waals surface area contributed by atoms with Gasteiger partial charge in [-0.3, -0.25) is 4.90 Å². The van der Waals surface area contributed by atoms with Gasteiger partial charge in [0.2, 0.25) is 0 Å². The molecular formula is C29H33N5O2. The Kier molecular flexibility index (Phi) is 5.86. The maximum atomic E-state index is 12.8. The lowest BCUT2D eigenvalue weighted by atomic mass is 9.99. The maximum Gasteiger partial charge on any atom is 0.410 e. The van der Waals surface area contributed by atoms with Crippen LogP contribution in [0.15, 0.2) is 60.8 Å². The van der Waals surface area contributed by atoms with Crippen LogP contribution < -0.4 is 11.5 Å². The van der Waals surface area contributed by atoms with Crippen molar-refractivity contribution >= 4 is 28.2 Å². The fourth-order valence-electron chi connectivity index (χ4n) is 4.83. The van der Waals surface area contributed by atoms with Crippen molar-refractivity contribution in [2.45, 2.75) is 45.8 Å². The number of imidazole rings is 1. The van der Waals surface area contributed by atoms with Crippen LogP contribution in [0.2, 0.25) is 0 Å². The van der Waals surface area contributed by atoms with Crippen LogP contribution in [-0.2, 0) is 4.74 Å². The number of benzene rings is 3. The molecule has 36 heavy (non-hydrogen) atoms. The number of amides is 1. The molecule has 0 spiro atoms. The molecule has 1 aliphatic rings. The molecule has 1 fully saturated rings. The molecule has 0 aliphatic carbocycles. The van der Waals surface area contributed by atoms with E-state index in [1.54, 1.807) is 4.90 Å². The summed E-state index contributed by atoms with van der Waals surface area (Å²) in [6, 6.07) is 18.3. The van der Waals surface area contributed by atoms with Gasteiger partial charge in [-0.15, -0.1) is 0 Å². The summed E-state index contributed by atoms with van der Waals surface area (Å²) in [6.45, 7) is 8.47. The number of nitrogen functional groups attached to an aromatic ring is 2. The van der Waals surface area contributed by atoms with Crippen molar-refractivity contribution in [1.82, 2.24) is 14.9 Å². The molecule has 1 aromatic heterocycles. The Morgan fingerprint density at radius 3 is 2.31 bits per heavy atom. The number of hydrogen-bond acceptors (Lipinski definition) is 5. The van der Waals surface area contributed by atoms with Crippen molar-refractivity contribution in [2.24, 2.45) is 5.92 Å². The topological polar surface area (TPSA) is 110 Å². The fourth-order valence-corrected chi connectivity index (χ4v) is 4.83. The quantitative estimate of drug-likeness (QED) is 0.293. The minimum Gasteiger partial charge on any atom is -0.444 e. The lowest BCUT2D eigenvalue weighted by molar-refractivity contribution is 0.0214. The fraction of sp³-hybridized carbons (Fsp3) is 0.310. The third-order valence-corrected chi connectivity index (χ3v) is 6.62. The van der Waals surface area contributed by atoms with E-state index in [0.29, 0.717) is 23.8 Å². The average molecular weight is 484 g/mol. The Bertz CT molecular complexity index is 1440. The molecule has 4 aromatic rings. The molecular weight excluding hydrogens is 450 g/mol. The van der Waals surface area contributed by atoms with Crippen molar-refractivity contribution in [2.75, 3.05) is 18.0 Å². The van der Waals surface area contributed by atoms with E-state index in [-0.39, 0.29) is 12.1 Å². The number of nitrogens with zero attached hydrogens (tertiary/aromatic N) is 2. The minimum atomic E-state index is -0.535. The SMILES string of the molecule is CC1CC(c2ncc(-c3ccc4cc(-c5ccc(N)c(N)c5)ccc4c3)[nH]2)N(C(=O)OC(C)(C)C)C1. The Morgan fingerprint density at radius 2 is 1.61 bits per heavy atom. The van der Waals surface area contributed by atoms with Crippen molar-refractivity contribution in [3.8, 4) is 22.4 Å². The van der Waals surface area contributed by atoms with Crippen molar-refractivity contribution in [1.29, 1.82) is 0 Å². The van der Waals surface area contributed by atoms with Crippen LogP contribution >= 0.6 is 0 Å². The Labute approximate surface area is 211 Å². The van der Waals surface area contributed by atoms with Crippen LogP contribution in [0.25, 0.3) is 33.2 Å². The zero-order valence-electron chi connectivity index (χ0n) is 21.2. The van der Waals surface area contributed by atoms with Crippen molar-refractivity contribution in [3.63, 3.8) is 0 Å². The van der Waals surface area contributed by atoms with E-state index >= 15 is 0 Å². The van der Waals surface area contributed by atoms with E-state index in [1.807, 2.05) is 45.2 Å². The monoisotopic (exact) mass is 483 g/mol. The van der Waals surface area contributed by atoms with Gasteiger partial charge in [0.1, 0.15) is 11.4 Å². The number of rotatable bonds is 3. The highest BCUT2D eigenvalue weighted by atomic mass is 16.6. The zero-order valence-corrected chi connectivity index (χ0v) is 21.2. The van der Waals surface area contributed by atoms with Gasteiger partial charge in [0.25, 0.3) is 0 Å². The Balaban J connectivity index is 1.40. The summed E-state index contributed by atoms with van der Waals surface area (Å²) in [7, 11) is 0. The number of aromatic amines is 1. The van der Waals surface area contributed by atoms with Crippen LogP contribution in [-0.4, -0.2) is 33.1 Å². The zero-order chi connectivity index (χ0) is 25.6. The molecule has 1 saturated heterocycles. The van der Waals surface area contributed by atoms with Gasteiger partial charge in [-0.2, -0.15) is 0 Å². The first-order valence-electron chi connectivity index (χ1n) is 12.3. The number of likely N-dealkylation sites (tertiary alicyclic amines) is 1. The van der Waals surface area contributed by atoms with Gasteiger partial charge in [-0.05, 0) is 79.3 Å². The number of anilines is 2. The third-order valence-electron chi connectivity index (χ3n) is 6.62. The number of carbonyl (C=O) groups is 1. The van der Waals surface area contributed by atoms with Crippen LogP contribution in [0.4, 0.5) is 16.2 Å². The second kappa shape index (κ2) is 8.90. The first kappa shape index (κ1) is 23.7. The second-order valence-electron chi connectivity index (χ2n) is 10.8. The molecule has 1 aliphatic heterocycles. The Hall–Kier alpha value is -4.00. The summed E-state index contributed by atoms with van der Waals surface area (Å²) < 4.78 is 5.65. The first-order valence-corrected chi connectivity index (χ1v) is 12.3. The highest BCUT2D eigenvalue weighted by molar-refractivity contribution is 5.91. The molecule has 3 aromatic carbocycles. The van der Waals surface area contributed by atoms with Crippen molar-refractivity contribution in [3.05, 3.63) is 66.6 Å². The number of nitrogens with one attached hydrogen (secondary N) is 1. The van der Waals surface area contributed by atoms with Gasteiger partial charge in [-0.25, -0.2) is 9.78 Å². The average Bonchev–Trinajstić information content (AvgIpc) is 3.46. The van der Waals surface area contributed by atoms with E-state index in [4.69, 9.17) is 16.2 Å². The number of fused-ring (bicyclic) bond motifs is 1. The predicted molar refractivity (Wildman–Crippen MR) is 145 cm³/mol. The lowest BCUT2D eigenvalue weighted by Crippen LogP contribution is -2.37. The molecule has 7 nitrogen and oxygen atoms in total. The number of ether oxygens (including phenoxy) is 1. The lowest BCUT2D eigenvalue weighted by Gasteiger charge is -2.27. The predicted octanol–water partition coefficient (Wildman–Crippen LogP) is 6.38. The van der Waals surface area contributed by atoms with Crippen LogP contribution in [0.5, 0.6) is 0 Å². The number of aromatic nitrogens is 2. The summed E-state index contributed by atoms with van der Waals surface area (Å²) in [5.74, 6) is 1.17.